The average Bonchev–Trinajstić information content (AvgIpc) is 2.61. The Labute approximate surface area is 120 Å². The molecule has 116 valence electrons. The fraction of sp³-hybridized carbons (Fsp3) is 0.857. The zero-order valence-electron chi connectivity index (χ0n) is 12.3. The van der Waals surface area contributed by atoms with Crippen LogP contribution in [0, 0.1) is 5.92 Å². The molecule has 0 aliphatic carbocycles. The fourth-order valence-electron chi connectivity index (χ4n) is 2.68. The second-order valence-corrected chi connectivity index (χ2v) is 5.58. The Morgan fingerprint density at radius 3 is 2.60 bits per heavy atom. The number of aliphatic carboxylic acids is 1. The van der Waals surface area contributed by atoms with E-state index >= 15 is 0 Å². The van der Waals surface area contributed by atoms with E-state index in [0.29, 0.717) is 19.0 Å². The molecular formula is C14H26N2O4. The van der Waals surface area contributed by atoms with Crippen molar-refractivity contribution in [1.29, 1.82) is 0 Å². The molecule has 3 unspecified atom stereocenters. The molecule has 0 radical (unpaired) electrons. The van der Waals surface area contributed by atoms with Crippen molar-refractivity contribution in [2.45, 2.75) is 58.1 Å². The van der Waals surface area contributed by atoms with Crippen LogP contribution in [0.5, 0.6) is 0 Å². The largest absolute Gasteiger partial charge is 0.480 e. The lowest BCUT2D eigenvalue weighted by Gasteiger charge is -2.25. The predicted molar refractivity (Wildman–Crippen MR) is 75.5 cm³/mol. The molecule has 6 nitrogen and oxygen atoms in total. The number of aliphatic hydroxyl groups excluding tert-OH is 1. The van der Waals surface area contributed by atoms with E-state index in [0.717, 1.165) is 25.7 Å². The molecule has 20 heavy (non-hydrogen) atoms. The number of amides is 2. The molecule has 1 rings (SSSR count). The Morgan fingerprint density at radius 1 is 1.35 bits per heavy atom. The molecule has 1 saturated heterocycles. The maximum atomic E-state index is 12.1. The van der Waals surface area contributed by atoms with E-state index in [-0.39, 0.29) is 0 Å². The second-order valence-electron chi connectivity index (χ2n) is 5.58. The summed E-state index contributed by atoms with van der Waals surface area (Å²) in [7, 11) is 0. The van der Waals surface area contributed by atoms with E-state index in [1.54, 1.807) is 4.90 Å². The van der Waals surface area contributed by atoms with Crippen molar-refractivity contribution in [2.24, 2.45) is 5.92 Å². The minimum absolute atomic E-state index is 0.393. The minimum atomic E-state index is -1.25. The zero-order valence-corrected chi connectivity index (χ0v) is 12.3. The molecular weight excluding hydrogens is 260 g/mol. The van der Waals surface area contributed by atoms with Crippen LogP contribution in [0.4, 0.5) is 4.79 Å². The maximum absolute atomic E-state index is 12.1. The molecule has 0 aromatic rings. The fourth-order valence-corrected chi connectivity index (χ4v) is 2.68. The molecule has 1 aliphatic rings. The number of carbonyl (C=O) groups is 2. The number of hydrogen-bond donors (Lipinski definition) is 3. The molecule has 0 bridgehead atoms. The molecule has 0 saturated carbocycles. The summed E-state index contributed by atoms with van der Waals surface area (Å²) in [4.78, 5) is 24.7. The first-order chi connectivity index (χ1) is 9.45. The summed E-state index contributed by atoms with van der Waals surface area (Å²) < 4.78 is 0. The van der Waals surface area contributed by atoms with Gasteiger partial charge in [-0.3, -0.25) is 0 Å². The SMILES string of the molecule is CCCC1CCCN(C(=O)NC(C(=O)O)C(C)O)CC1. The Kier molecular flexibility index (Phi) is 6.78. The van der Waals surface area contributed by atoms with Gasteiger partial charge in [0.05, 0.1) is 6.10 Å². The van der Waals surface area contributed by atoms with Crippen molar-refractivity contribution < 1.29 is 19.8 Å². The lowest BCUT2D eigenvalue weighted by molar-refractivity contribution is -0.141. The number of likely N-dealkylation sites (tertiary alicyclic amines) is 1. The molecule has 0 aromatic carbocycles. The minimum Gasteiger partial charge on any atom is -0.480 e. The molecule has 6 heteroatoms. The number of hydrogen-bond acceptors (Lipinski definition) is 3. The van der Waals surface area contributed by atoms with Gasteiger partial charge < -0.3 is 20.4 Å². The van der Waals surface area contributed by atoms with Gasteiger partial charge in [-0.25, -0.2) is 9.59 Å². The second kappa shape index (κ2) is 8.09. The van der Waals surface area contributed by atoms with Gasteiger partial charge in [-0.1, -0.05) is 19.8 Å². The summed E-state index contributed by atoms with van der Waals surface area (Å²) in [5.74, 6) is -0.558. The summed E-state index contributed by atoms with van der Waals surface area (Å²) >= 11 is 0. The van der Waals surface area contributed by atoms with E-state index in [4.69, 9.17) is 5.11 Å². The molecule has 0 spiro atoms. The van der Waals surface area contributed by atoms with Crippen LogP contribution in [-0.2, 0) is 4.79 Å². The number of urea groups is 1. The third kappa shape index (κ3) is 5.00. The van der Waals surface area contributed by atoms with Gasteiger partial charge in [0.2, 0.25) is 0 Å². The lowest BCUT2D eigenvalue weighted by Crippen LogP contribution is -2.52. The third-order valence-corrected chi connectivity index (χ3v) is 3.86. The molecule has 1 aliphatic heterocycles. The number of carboxylic acids is 1. The van der Waals surface area contributed by atoms with Gasteiger partial charge in [0, 0.05) is 13.1 Å². The monoisotopic (exact) mass is 286 g/mol. The zero-order chi connectivity index (χ0) is 15.1. The number of carbonyl (C=O) groups excluding carboxylic acids is 1. The van der Waals surface area contributed by atoms with Crippen molar-refractivity contribution in [3.8, 4) is 0 Å². The lowest BCUT2D eigenvalue weighted by atomic mass is 9.96. The highest BCUT2D eigenvalue weighted by Gasteiger charge is 2.28. The molecule has 0 aromatic heterocycles. The van der Waals surface area contributed by atoms with Crippen LogP contribution in [0.2, 0.25) is 0 Å². The van der Waals surface area contributed by atoms with Crippen LogP contribution in [-0.4, -0.2) is 52.3 Å². The van der Waals surface area contributed by atoms with E-state index in [1.807, 2.05) is 0 Å². The third-order valence-electron chi connectivity index (χ3n) is 3.86. The first-order valence-electron chi connectivity index (χ1n) is 7.42. The Morgan fingerprint density at radius 2 is 2.05 bits per heavy atom. The van der Waals surface area contributed by atoms with E-state index < -0.39 is 24.1 Å². The molecule has 2 amide bonds. The number of aliphatic hydroxyl groups is 1. The van der Waals surface area contributed by atoms with Crippen molar-refractivity contribution in [3.05, 3.63) is 0 Å². The van der Waals surface area contributed by atoms with Crippen molar-refractivity contribution in [3.63, 3.8) is 0 Å². The number of nitrogens with one attached hydrogen (secondary N) is 1. The maximum Gasteiger partial charge on any atom is 0.328 e. The van der Waals surface area contributed by atoms with E-state index in [2.05, 4.69) is 12.2 Å². The van der Waals surface area contributed by atoms with Crippen molar-refractivity contribution in [1.82, 2.24) is 10.2 Å². The van der Waals surface area contributed by atoms with Gasteiger partial charge >= 0.3 is 12.0 Å². The molecule has 3 atom stereocenters. The first kappa shape index (κ1) is 16.8. The highest BCUT2D eigenvalue weighted by molar-refractivity contribution is 5.83. The standard InChI is InChI=1S/C14H26N2O4/c1-3-5-11-6-4-8-16(9-7-11)14(20)15-12(10(2)17)13(18)19/h10-12,17H,3-9H2,1-2H3,(H,15,20)(H,18,19). The van der Waals surface area contributed by atoms with Crippen molar-refractivity contribution in [2.75, 3.05) is 13.1 Å². The Bertz CT molecular complexity index is 333. The van der Waals surface area contributed by atoms with Gasteiger partial charge in [0.25, 0.3) is 0 Å². The quantitative estimate of drug-likeness (QED) is 0.713. The summed E-state index contributed by atoms with van der Waals surface area (Å²) in [5, 5.41) is 20.7. The van der Waals surface area contributed by atoms with Gasteiger partial charge in [-0.15, -0.1) is 0 Å². The van der Waals surface area contributed by atoms with E-state index in [1.165, 1.54) is 13.3 Å². The van der Waals surface area contributed by atoms with Gasteiger partial charge in [0.15, 0.2) is 6.04 Å². The summed E-state index contributed by atoms with van der Waals surface area (Å²) in [6.07, 6.45) is 4.26. The van der Waals surface area contributed by atoms with Crippen LogP contribution in [0.3, 0.4) is 0 Å². The first-order valence-corrected chi connectivity index (χ1v) is 7.42. The predicted octanol–water partition coefficient (Wildman–Crippen LogP) is 1.43. The molecule has 1 heterocycles. The van der Waals surface area contributed by atoms with Crippen LogP contribution in [0.25, 0.3) is 0 Å². The van der Waals surface area contributed by atoms with Crippen LogP contribution in [0.15, 0.2) is 0 Å². The number of carboxylic acid groups (broad SMARTS) is 1. The van der Waals surface area contributed by atoms with Gasteiger partial charge in [-0.05, 0) is 32.1 Å². The number of rotatable bonds is 5. The Hall–Kier alpha value is -1.30. The summed E-state index contributed by atoms with van der Waals surface area (Å²) in [6.45, 7) is 4.83. The van der Waals surface area contributed by atoms with Gasteiger partial charge in [-0.2, -0.15) is 0 Å². The molecule has 1 fully saturated rings. The average molecular weight is 286 g/mol. The highest BCUT2D eigenvalue weighted by Crippen LogP contribution is 2.21. The normalized spacial score (nSPS) is 22.8. The highest BCUT2D eigenvalue weighted by atomic mass is 16.4. The Balaban J connectivity index is 2.52. The summed E-state index contributed by atoms with van der Waals surface area (Å²) in [6, 6.07) is -1.65. The smallest absolute Gasteiger partial charge is 0.328 e. The number of nitrogens with zero attached hydrogens (tertiary/aromatic N) is 1. The molecule has 3 N–H and O–H groups in total. The van der Waals surface area contributed by atoms with Crippen LogP contribution < -0.4 is 5.32 Å². The summed E-state index contributed by atoms with van der Waals surface area (Å²) in [5.41, 5.74) is 0. The van der Waals surface area contributed by atoms with Crippen molar-refractivity contribution >= 4 is 12.0 Å². The van der Waals surface area contributed by atoms with Crippen LogP contribution >= 0.6 is 0 Å². The van der Waals surface area contributed by atoms with Gasteiger partial charge in [0.1, 0.15) is 0 Å². The van der Waals surface area contributed by atoms with Crippen LogP contribution in [0.1, 0.15) is 46.0 Å². The van der Waals surface area contributed by atoms with E-state index in [9.17, 15) is 14.7 Å². The topological polar surface area (TPSA) is 89.9 Å².